The van der Waals surface area contributed by atoms with Gasteiger partial charge in [0, 0.05) is 7.42 Å². The Bertz CT molecular complexity index is 68.5. The Morgan fingerprint density at radius 1 is 1.71 bits per heavy atom. The van der Waals surface area contributed by atoms with Crippen molar-refractivity contribution in [3.8, 4) is 0 Å². The molecule has 0 saturated heterocycles. The maximum absolute atomic E-state index is 5.45. The fourth-order valence-electron chi connectivity index (χ4n) is 0.469. The summed E-state index contributed by atoms with van der Waals surface area (Å²) in [4.78, 5) is 0. The van der Waals surface area contributed by atoms with E-state index in [0.717, 1.165) is 6.16 Å². The van der Waals surface area contributed by atoms with Crippen molar-refractivity contribution in [2.45, 2.75) is 13.8 Å². The van der Waals surface area contributed by atoms with E-state index in [2.05, 4.69) is 20.1 Å². The van der Waals surface area contributed by atoms with Crippen molar-refractivity contribution in [2.75, 3.05) is 6.16 Å². The first-order chi connectivity index (χ1) is 3.13. The summed E-state index contributed by atoms with van der Waals surface area (Å²) in [5.74, 6) is 0.716. The molecular weight excluding hydrogens is 102 g/mol. The van der Waals surface area contributed by atoms with Crippen molar-refractivity contribution in [3.63, 3.8) is 0 Å². The van der Waals surface area contributed by atoms with Crippen LogP contribution in [0.2, 0.25) is 0 Å². The van der Waals surface area contributed by atoms with Gasteiger partial charge in [0.15, 0.2) is 0 Å². The number of hydrogen-bond donors (Lipinski definition) is 0. The summed E-state index contributed by atoms with van der Waals surface area (Å²) >= 11 is 0. The van der Waals surface area contributed by atoms with Gasteiger partial charge >= 0.3 is 7.57 Å². The predicted octanol–water partition coefficient (Wildman–Crippen LogP) is 1.64. The van der Waals surface area contributed by atoms with Crippen LogP contribution in [0.4, 0.5) is 0 Å². The predicted molar refractivity (Wildman–Crippen MR) is 39.5 cm³/mol. The highest BCUT2D eigenvalue weighted by Crippen LogP contribution is 2.15. The Morgan fingerprint density at radius 3 is 2.14 bits per heavy atom. The average molecular weight is 113 g/mol. The molecule has 0 amide bonds. The molecule has 0 bridgehead atoms. The molecule has 38 valence electrons. The lowest BCUT2D eigenvalue weighted by Crippen LogP contribution is -1.88. The Hall–Kier alpha value is 0.235. The van der Waals surface area contributed by atoms with Crippen LogP contribution in [0, 0.1) is 5.92 Å². The van der Waals surface area contributed by atoms with Gasteiger partial charge in [-0.1, -0.05) is 13.8 Å². The normalized spacial score (nSPS) is 12.1. The van der Waals surface area contributed by atoms with E-state index in [1.165, 1.54) is 0 Å². The van der Waals surface area contributed by atoms with Crippen molar-refractivity contribution in [3.05, 3.63) is 0 Å². The van der Waals surface area contributed by atoms with Crippen molar-refractivity contribution in [1.29, 1.82) is 0 Å². The number of hydrogen-bond acceptors (Lipinski definition) is 0. The largest absolute Gasteiger partial charge is 0.439 e. The number of rotatable bonds is 2. The highest BCUT2D eigenvalue weighted by atomic mass is 31.1. The molecule has 0 N–H and O–H groups in total. The van der Waals surface area contributed by atoms with Gasteiger partial charge in [-0.15, -0.1) is 0 Å². The Balaban J connectivity index is 3.13. The SMILES string of the molecule is [B][P+](=C)CC(C)C. The Kier molecular flexibility index (Phi) is 3.37. The van der Waals surface area contributed by atoms with Crippen LogP contribution in [0.5, 0.6) is 0 Å². The van der Waals surface area contributed by atoms with Gasteiger partial charge in [-0.05, 0) is 5.92 Å². The molecule has 1 unspecified atom stereocenters. The van der Waals surface area contributed by atoms with Crippen LogP contribution in [0.15, 0.2) is 0 Å². The molecular formula is C5H11BP+. The maximum atomic E-state index is 5.45. The molecule has 2 heteroatoms. The maximum Gasteiger partial charge on any atom is 0.439 e. The van der Waals surface area contributed by atoms with Crippen molar-refractivity contribution in [2.24, 2.45) is 5.92 Å². The lowest BCUT2D eigenvalue weighted by molar-refractivity contribution is 0.749. The van der Waals surface area contributed by atoms with Crippen LogP contribution >= 0.6 is 7.42 Å². The molecule has 7 heavy (non-hydrogen) atoms. The quantitative estimate of drug-likeness (QED) is 0.377. The molecule has 0 fully saturated rings. The topological polar surface area (TPSA) is 0 Å². The minimum Gasteiger partial charge on any atom is -0.0589 e. The molecule has 0 aromatic carbocycles. The first-order valence-corrected chi connectivity index (χ1v) is 4.23. The summed E-state index contributed by atoms with van der Waals surface area (Å²) in [5.41, 5.74) is 0. The molecule has 0 saturated carbocycles. The summed E-state index contributed by atoms with van der Waals surface area (Å²) in [7, 11) is 5.06. The Morgan fingerprint density at radius 2 is 2.14 bits per heavy atom. The van der Waals surface area contributed by atoms with Crippen LogP contribution in [0.1, 0.15) is 13.8 Å². The van der Waals surface area contributed by atoms with Crippen LogP contribution in [0.25, 0.3) is 0 Å². The van der Waals surface area contributed by atoms with Crippen molar-refractivity contribution >= 4 is 21.3 Å². The molecule has 0 aromatic heterocycles. The van der Waals surface area contributed by atoms with Crippen LogP contribution in [0.3, 0.4) is 0 Å². The van der Waals surface area contributed by atoms with E-state index >= 15 is 0 Å². The minimum absolute atomic E-state index is 0.390. The highest BCUT2D eigenvalue weighted by Gasteiger charge is 2.00. The molecule has 0 nitrogen and oxygen atoms in total. The molecule has 0 rings (SSSR count). The third kappa shape index (κ3) is 6.23. The van der Waals surface area contributed by atoms with Gasteiger partial charge < -0.3 is 0 Å². The summed E-state index contributed by atoms with van der Waals surface area (Å²) in [6, 6.07) is 0. The van der Waals surface area contributed by atoms with Gasteiger partial charge in [0.05, 0.1) is 12.5 Å². The lowest BCUT2D eigenvalue weighted by atomic mass is 10.3. The summed E-state index contributed by atoms with van der Waals surface area (Å²) < 4.78 is 0. The van der Waals surface area contributed by atoms with Gasteiger partial charge in [0.25, 0.3) is 0 Å². The van der Waals surface area contributed by atoms with Gasteiger partial charge in [-0.25, -0.2) is 0 Å². The second-order valence-corrected chi connectivity index (χ2v) is 3.71. The van der Waals surface area contributed by atoms with Gasteiger partial charge in [0.2, 0.25) is 0 Å². The van der Waals surface area contributed by atoms with Crippen LogP contribution in [-0.2, 0) is 0 Å². The average Bonchev–Trinajstić information content (AvgIpc) is 1.27. The third-order valence-electron chi connectivity index (χ3n) is 0.600. The zero-order valence-corrected chi connectivity index (χ0v) is 5.91. The smallest absolute Gasteiger partial charge is 0.0589 e. The fourth-order valence-corrected chi connectivity index (χ4v) is 1.41. The van der Waals surface area contributed by atoms with E-state index in [1.54, 1.807) is 0 Å². The molecule has 0 heterocycles. The van der Waals surface area contributed by atoms with Gasteiger partial charge in [-0.2, -0.15) is 0 Å². The molecule has 0 aliphatic carbocycles. The monoisotopic (exact) mass is 113 g/mol. The first-order valence-electron chi connectivity index (χ1n) is 2.45. The molecule has 0 aromatic rings. The van der Waals surface area contributed by atoms with Crippen LogP contribution < -0.4 is 0 Å². The second kappa shape index (κ2) is 3.26. The van der Waals surface area contributed by atoms with E-state index in [1.807, 2.05) is 0 Å². The Labute approximate surface area is 48.1 Å². The summed E-state index contributed by atoms with van der Waals surface area (Å²) in [5, 5.41) is 0. The van der Waals surface area contributed by atoms with Gasteiger partial charge in [0.1, 0.15) is 0 Å². The van der Waals surface area contributed by atoms with E-state index in [-0.39, 0.29) is 7.42 Å². The standard InChI is InChI=1S/C5H11BP/c1-5(2)4-7(3)6/h5H,3-4H2,1-2H3/q+1. The zero-order valence-electron chi connectivity index (χ0n) is 5.02. The van der Waals surface area contributed by atoms with E-state index < -0.39 is 0 Å². The summed E-state index contributed by atoms with van der Waals surface area (Å²) in [6.07, 6.45) is 4.81. The highest BCUT2D eigenvalue weighted by molar-refractivity contribution is 7.80. The van der Waals surface area contributed by atoms with E-state index in [0.29, 0.717) is 5.92 Å². The molecule has 0 aliphatic heterocycles. The van der Waals surface area contributed by atoms with Crippen molar-refractivity contribution in [1.82, 2.24) is 0 Å². The minimum atomic E-state index is -0.390. The first kappa shape index (κ1) is 7.23. The molecule has 0 spiro atoms. The second-order valence-electron chi connectivity index (χ2n) is 2.17. The summed E-state index contributed by atoms with van der Waals surface area (Å²) in [6.45, 7) is 4.32. The van der Waals surface area contributed by atoms with E-state index in [4.69, 9.17) is 7.57 Å². The molecule has 0 aliphatic rings. The van der Waals surface area contributed by atoms with E-state index in [9.17, 15) is 0 Å². The third-order valence-corrected chi connectivity index (χ3v) is 1.80. The molecule has 2 radical (unpaired) electrons. The van der Waals surface area contributed by atoms with Crippen LogP contribution in [-0.4, -0.2) is 20.0 Å². The van der Waals surface area contributed by atoms with Crippen molar-refractivity contribution < 1.29 is 0 Å². The molecule has 1 atom stereocenters. The van der Waals surface area contributed by atoms with Gasteiger partial charge in [-0.3, -0.25) is 0 Å². The lowest BCUT2D eigenvalue weighted by Gasteiger charge is -1.91. The fraction of sp³-hybridized carbons (Fsp3) is 0.800. The zero-order chi connectivity index (χ0) is 5.86.